The minimum absolute atomic E-state index is 0. The molecule has 0 heterocycles. The van der Waals surface area contributed by atoms with E-state index in [1.807, 2.05) is 0 Å². The first-order chi connectivity index (χ1) is 15.9. The van der Waals surface area contributed by atoms with Crippen molar-refractivity contribution in [3.8, 4) is 0 Å². The number of carboxylic acid groups (broad SMARTS) is 3. The average Bonchev–Trinajstić information content (AvgIpc) is 2.90. The molecule has 0 aliphatic carbocycles. The zero-order valence-electron chi connectivity index (χ0n) is 17.2. The number of carboxylic acids is 3. The van der Waals surface area contributed by atoms with Crippen LogP contribution in [0, 0.1) is 0 Å². The van der Waals surface area contributed by atoms with Crippen molar-refractivity contribution < 1.29 is 61.4 Å². The van der Waals surface area contributed by atoms with E-state index in [0.29, 0.717) is 0 Å². The summed E-state index contributed by atoms with van der Waals surface area (Å²) < 4.78 is 0. The van der Waals surface area contributed by atoms with E-state index >= 15 is 0 Å². The first-order valence-corrected chi connectivity index (χ1v) is 8.32. The Hall–Kier alpha value is -4.39. The molecule has 3 rings (SSSR count). The second-order valence-corrected chi connectivity index (χ2v) is 4.96. The zero-order valence-corrected chi connectivity index (χ0v) is 18.5. The Bertz CT molecular complexity index is 783. The van der Waals surface area contributed by atoms with E-state index < -0.39 is 17.9 Å². The normalized spacial score (nSPS) is 7.41. The van der Waals surface area contributed by atoms with Crippen LogP contribution in [0.4, 0.5) is 0 Å². The van der Waals surface area contributed by atoms with Crippen LogP contribution in [-0.4, -0.2) is 38.3 Å². The van der Waals surface area contributed by atoms with Gasteiger partial charge in [0.1, 0.15) is 0 Å². The smallest absolute Gasteiger partial charge is 0.545 e. The number of carbonyl (C=O) groups is 3. The first kappa shape index (κ1) is 37.0. The van der Waals surface area contributed by atoms with Gasteiger partial charge in [-0.3, -0.25) is 14.4 Å². The fraction of sp³-hybridized carbons (Fsp3) is 0. The molecular weight excluding hydrogens is 484 g/mol. The van der Waals surface area contributed by atoms with Crippen molar-refractivity contribution in [2.75, 3.05) is 0 Å². The van der Waals surface area contributed by atoms with E-state index in [1.54, 1.807) is 54.6 Å². The van der Waals surface area contributed by atoms with Gasteiger partial charge < -0.3 is 29.7 Å². The van der Waals surface area contributed by atoms with Crippen LogP contribution in [-0.2, 0) is 31.7 Å². The van der Waals surface area contributed by atoms with Crippen LogP contribution in [0.2, 0.25) is 0 Å². The van der Waals surface area contributed by atoms with E-state index in [4.69, 9.17) is 14.4 Å². The van der Waals surface area contributed by atoms with E-state index in [2.05, 4.69) is 20.4 Å². The monoisotopic (exact) mass is 499 g/mol. The molecule has 0 fully saturated rings. The molecule has 0 amide bonds. The van der Waals surface area contributed by atoms with Crippen LogP contribution in [0.25, 0.3) is 0 Å². The molecule has 0 N–H and O–H groups in total. The number of carbonyl (C=O) groups excluding carboxylic acids is 6. The van der Waals surface area contributed by atoms with Gasteiger partial charge in [-0.2, -0.15) is 0 Å². The number of hydrogen-bond donors (Lipinski definition) is 0. The topological polar surface area (TPSA) is 172 Å². The third-order valence-electron chi connectivity index (χ3n) is 3.03. The van der Waals surface area contributed by atoms with Crippen LogP contribution in [0.3, 0.4) is 0 Å². The zero-order chi connectivity index (χ0) is 26.1. The molecule has 0 aliphatic heterocycles. The minimum atomic E-state index is -1.13. The van der Waals surface area contributed by atoms with Gasteiger partial charge in [0.05, 0.1) is 17.9 Å². The van der Waals surface area contributed by atoms with Gasteiger partial charge in [-0.15, -0.1) is 0 Å². The Labute approximate surface area is 207 Å². The van der Waals surface area contributed by atoms with Crippen molar-refractivity contribution in [2.45, 2.75) is 0 Å². The molecule has 3 aromatic carbocycles. The maximum absolute atomic E-state index is 10.1. The van der Waals surface area contributed by atoms with Crippen molar-refractivity contribution in [1.82, 2.24) is 0 Å². The van der Waals surface area contributed by atoms with Crippen LogP contribution in [0.1, 0.15) is 31.1 Å². The molecular formula is C24H15CrO9. The second kappa shape index (κ2) is 26.6. The van der Waals surface area contributed by atoms with Gasteiger partial charge in [-0.25, -0.2) is 0 Å². The predicted octanol–water partition coefficient (Wildman–Crippen LogP) is -1.04. The van der Waals surface area contributed by atoms with Crippen molar-refractivity contribution in [1.29, 1.82) is 0 Å². The molecule has 0 bridgehead atoms. The number of aromatic carboxylic acids is 3. The van der Waals surface area contributed by atoms with Gasteiger partial charge >= 0.3 is 17.4 Å². The van der Waals surface area contributed by atoms with Crippen molar-refractivity contribution in [3.63, 3.8) is 0 Å². The summed E-state index contributed by atoms with van der Waals surface area (Å²) in [5.74, 6) is -3.39. The van der Waals surface area contributed by atoms with Crippen molar-refractivity contribution in [3.05, 3.63) is 108 Å². The summed E-state index contributed by atoms with van der Waals surface area (Å²) in [7, 11) is 0. The Morgan fingerprint density at radius 3 is 0.647 bits per heavy atom. The molecule has 0 aromatic heterocycles. The minimum Gasteiger partial charge on any atom is -0.545 e. The molecule has 0 saturated heterocycles. The van der Waals surface area contributed by atoms with E-state index in [9.17, 15) is 29.7 Å². The quantitative estimate of drug-likeness (QED) is 0.436. The summed E-state index contributed by atoms with van der Waals surface area (Å²) in [6, 6.07) is 24.2. The largest absolute Gasteiger partial charge is 3.00 e. The molecule has 0 atom stereocenters. The standard InChI is InChI=1S/3C7H6O2.3CO.Cr/c3*8-7(9)6-4-2-1-3-5-6;3*1-2;/h3*1-5H,(H,8,9);;;;/q;;;;;;+3/p-3. The summed E-state index contributed by atoms with van der Waals surface area (Å²) >= 11 is 0. The van der Waals surface area contributed by atoms with E-state index in [0.717, 1.165) is 0 Å². The fourth-order valence-electron chi connectivity index (χ4n) is 1.72. The third kappa shape index (κ3) is 19.6. The number of hydrogen-bond acceptors (Lipinski definition) is 9. The van der Waals surface area contributed by atoms with Gasteiger partial charge in [0.15, 0.2) is 0 Å². The average molecular weight is 499 g/mol. The Balaban J connectivity index is -0.000000176. The Morgan fingerprint density at radius 2 is 0.559 bits per heavy atom. The molecule has 9 nitrogen and oxygen atoms in total. The first-order valence-electron chi connectivity index (χ1n) is 8.32. The van der Waals surface area contributed by atoms with Crippen LogP contribution in [0.15, 0.2) is 91.0 Å². The van der Waals surface area contributed by atoms with Crippen molar-refractivity contribution in [2.24, 2.45) is 0 Å². The predicted molar refractivity (Wildman–Crippen MR) is 109 cm³/mol. The summed E-state index contributed by atoms with van der Waals surface area (Å²) in [6.45, 7) is 13.5. The maximum atomic E-state index is 10.1. The van der Waals surface area contributed by atoms with Crippen LogP contribution in [0.5, 0.6) is 0 Å². The van der Waals surface area contributed by atoms with Gasteiger partial charge in [0, 0.05) is 0 Å². The molecule has 3 aromatic rings. The summed E-state index contributed by atoms with van der Waals surface area (Å²) in [6.07, 6.45) is 0. The third-order valence-corrected chi connectivity index (χ3v) is 3.03. The van der Waals surface area contributed by atoms with Gasteiger partial charge in [0.25, 0.3) is 20.4 Å². The number of rotatable bonds is 3. The Kier molecular flexibility index (Phi) is 29.0. The molecule has 34 heavy (non-hydrogen) atoms. The fourth-order valence-corrected chi connectivity index (χ4v) is 1.72. The number of benzene rings is 3. The molecule has 171 valence electrons. The molecule has 0 aliphatic rings. The molecule has 0 saturated carbocycles. The Morgan fingerprint density at radius 1 is 0.412 bits per heavy atom. The van der Waals surface area contributed by atoms with Gasteiger partial charge in [-0.05, 0) is 16.7 Å². The van der Waals surface area contributed by atoms with Gasteiger partial charge in [0.2, 0.25) is 0 Å². The summed E-state index contributed by atoms with van der Waals surface area (Å²) in [4.78, 5) is 52.8. The molecule has 0 unspecified atom stereocenters. The van der Waals surface area contributed by atoms with E-state index in [1.165, 1.54) is 36.4 Å². The molecule has 0 spiro atoms. The summed E-state index contributed by atoms with van der Waals surface area (Å²) in [5, 5.41) is 30.3. The van der Waals surface area contributed by atoms with Crippen LogP contribution >= 0.6 is 0 Å². The van der Waals surface area contributed by atoms with Crippen molar-refractivity contribution >= 4 is 38.3 Å². The SMILES string of the molecule is O=C([O-])c1ccccc1.O=C([O-])c1ccccc1.O=C([O-])c1ccccc1.[C]=O.[C]=O.[C]=O.[Cr+3]. The van der Waals surface area contributed by atoms with Crippen LogP contribution < -0.4 is 15.3 Å². The molecule has 7 radical (unpaired) electrons. The molecule has 10 heteroatoms. The van der Waals surface area contributed by atoms with Gasteiger partial charge in [-0.1, -0.05) is 91.0 Å². The second-order valence-electron chi connectivity index (χ2n) is 4.96. The summed E-state index contributed by atoms with van der Waals surface area (Å²) in [5.41, 5.74) is 0.660. The maximum Gasteiger partial charge on any atom is 3.00 e. The van der Waals surface area contributed by atoms with E-state index in [-0.39, 0.29) is 34.1 Å².